The first kappa shape index (κ1) is 12.8. The van der Waals surface area contributed by atoms with Crippen molar-refractivity contribution in [3.63, 3.8) is 0 Å². The molecule has 21 heavy (non-hydrogen) atoms. The lowest BCUT2D eigenvalue weighted by atomic mass is 9.98. The minimum absolute atomic E-state index is 0.00843. The zero-order valence-corrected chi connectivity index (χ0v) is 11.1. The molecule has 1 aliphatic rings. The lowest BCUT2D eigenvalue weighted by Crippen LogP contribution is -2.09. The van der Waals surface area contributed by atoms with Gasteiger partial charge >= 0.3 is 0 Å². The second-order valence-electron chi connectivity index (χ2n) is 4.57. The predicted molar refractivity (Wildman–Crippen MR) is 80.5 cm³/mol. The summed E-state index contributed by atoms with van der Waals surface area (Å²) in [5.41, 5.74) is 8.15. The number of nitrogens with two attached hydrogens (primary N) is 1. The number of benzene rings is 2. The zero-order chi connectivity index (χ0) is 14.8. The summed E-state index contributed by atoms with van der Waals surface area (Å²) in [6, 6.07) is 18.0. The topological polar surface area (TPSA) is 79.2 Å². The van der Waals surface area contributed by atoms with Crippen LogP contribution in [-0.4, -0.2) is 11.6 Å². The average Bonchev–Trinajstić information content (AvgIpc) is 2.86. The predicted octanol–water partition coefficient (Wildman–Crippen LogP) is 2.52. The van der Waals surface area contributed by atoms with E-state index in [1.165, 1.54) is 0 Å². The van der Waals surface area contributed by atoms with Crippen LogP contribution < -0.4 is 5.73 Å². The molecule has 0 saturated heterocycles. The number of fused-ring (bicyclic) bond motifs is 1. The van der Waals surface area contributed by atoms with Gasteiger partial charge in [0.2, 0.25) is 5.78 Å². The molecule has 2 N–H and O–H groups in total. The summed E-state index contributed by atoms with van der Waals surface area (Å²) in [6.07, 6.45) is 0. The Morgan fingerprint density at radius 2 is 1.62 bits per heavy atom. The highest BCUT2D eigenvalue weighted by molar-refractivity contribution is 6.20. The van der Waals surface area contributed by atoms with Gasteiger partial charge in [-0.15, -0.1) is 0 Å². The molecule has 0 fully saturated rings. The number of Topliss-reactive ketones (excluding diaryl/α,β-unsaturated/α-hetero) is 1. The van der Waals surface area contributed by atoms with Crippen LogP contribution in [-0.2, 0) is 0 Å². The monoisotopic (exact) mass is 273 g/mol. The molecular formula is C17H11N3O. The molecule has 1 aliphatic heterocycles. The lowest BCUT2D eigenvalue weighted by molar-refractivity contribution is 0.103. The minimum atomic E-state index is -0.346. The van der Waals surface area contributed by atoms with E-state index in [1.807, 2.05) is 36.4 Å². The third kappa shape index (κ3) is 2.11. The van der Waals surface area contributed by atoms with Gasteiger partial charge in [0.15, 0.2) is 0 Å². The average molecular weight is 273 g/mol. The van der Waals surface area contributed by atoms with Crippen molar-refractivity contribution in [2.45, 2.75) is 0 Å². The first-order chi connectivity index (χ1) is 10.2. The summed E-state index contributed by atoms with van der Waals surface area (Å²) in [6.45, 7) is 0. The largest absolute Gasteiger partial charge is 0.383 e. The minimum Gasteiger partial charge on any atom is -0.383 e. The molecule has 0 bridgehead atoms. The van der Waals surface area contributed by atoms with Crippen LogP contribution >= 0.6 is 0 Å². The molecule has 0 amide bonds. The number of rotatable bonds is 2. The van der Waals surface area contributed by atoms with Crippen LogP contribution in [0.15, 0.2) is 65.2 Å². The molecule has 0 radical (unpaired) electrons. The van der Waals surface area contributed by atoms with E-state index in [0.717, 1.165) is 11.1 Å². The van der Waals surface area contributed by atoms with Crippen molar-refractivity contribution >= 4 is 17.3 Å². The number of carbonyl (C=O) groups is 1. The van der Waals surface area contributed by atoms with Gasteiger partial charge in [-0.2, -0.15) is 5.26 Å². The molecule has 0 aliphatic carbocycles. The van der Waals surface area contributed by atoms with Crippen molar-refractivity contribution in [3.8, 4) is 6.07 Å². The number of nitriles is 1. The molecule has 0 spiro atoms. The Kier molecular flexibility index (Phi) is 3.09. The van der Waals surface area contributed by atoms with E-state index in [4.69, 9.17) is 5.73 Å². The van der Waals surface area contributed by atoms with Crippen molar-refractivity contribution in [1.29, 1.82) is 5.26 Å². The number of hydrogen-bond acceptors (Lipinski definition) is 4. The normalized spacial score (nSPS) is 14.9. The van der Waals surface area contributed by atoms with Crippen LogP contribution in [0, 0.1) is 11.3 Å². The second-order valence-corrected chi connectivity index (χ2v) is 4.57. The Hall–Kier alpha value is -3.19. The third-order valence-corrected chi connectivity index (χ3v) is 3.30. The molecule has 1 heterocycles. The number of carbonyl (C=O) groups excluding carboxylic acids is 1. The molecule has 0 atom stereocenters. The van der Waals surface area contributed by atoms with E-state index in [9.17, 15) is 10.1 Å². The van der Waals surface area contributed by atoms with Crippen LogP contribution in [0.3, 0.4) is 0 Å². The van der Waals surface area contributed by atoms with E-state index < -0.39 is 0 Å². The van der Waals surface area contributed by atoms with Gasteiger partial charge in [-0.25, -0.2) is 4.99 Å². The zero-order valence-electron chi connectivity index (χ0n) is 11.1. The molecule has 2 aromatic rings. The number of aliphatic imine (C=N–C) groups is 1. The molecule has 3 rings (SSSR count). The smallest absolute Gasteiger partial charge is 0.205 e. The first-order valence-electron chi connectivity index (χ1n) is 6.40. The van der Waals surface area contributed by atoms with E-state index >= 15 is 0 Å². The van der Waals surface area contributed by atoms with Gasteiger partial charge in [-0.3, -0.25) is 4.79 Å². The Labute approximate surface area is 121 Å². The molecule has 0 aromatic heterocycles. The summed E-state index contributed by atoms with van der Waals surface area (Å²) >= 11 is 0. The summed E-state index contributed by atoms with van der Waals surface area (Å²) in [5, 5.41) is 9.39. The summed E-state index contributed by atoms with van der Waals surface area (Å²) in [4.78, 5) is 16.7. The SMILES string of the molecule is N#C/C(C(=O)c1ccccc1)=C1\N=C(N)c2ccccc21. The van der Waals surface area contributed by atoms with Gasteiger partial charge in [0.05, 0.1) is 5.70 Å². The lowest BCUT2D eigenvalue weighted by Gasteiger charge is -2.03. The van der Waals surface area contributed by atoms with Gasteiger partial charge in [0.1, 0.15) is 17.5 Å². The highest BCUT2D eigenvalue weighted by Gasteiger charge is 2.25. The number of allylic oxidation sites excluding steroid dienone is 1. The van der Waals surface area contributed by atoms with Gasteiger partial charge in [0.25, 0.3) is 0 Å². The molecule has 0 unspecified atom stereocenters. The maximum absolute atomic E-state index is 12.5. The van der Waals surface area contributed by atoms with Crippen LogP contribution in [0.4, 0.5) is 0 Å². The highest BCUT2D eigenvalue weighted by Crippen LogP contribution is 2.30. The molecule has 0 saturated carbocycles. The summed E-state index contributed by atoms with van der Waals surface area (Å²) in [5.74, 6) is -0.0180. The highest BCUT2D eigenvalue weighted by atomic mass is 16.1. The fourth-order valence-corrected chi connectivity index (χ4v) is 2.29. The number of ketones is 1. The number of hydrogen-bond donors (Lipinski definition) is 1. The van der Waals surface area contributed by atoms with E-state index in [0.29, 0.717) is 17.1 Å². The Bertz CT molecular complexity index is 827. The molecule has 100 valence electrons. The fourth-order valence-electron chi connectivity index (χ4n) is 2.29. The van der Waals surface area contributed by atoms with Crippen LogP contribution in [0.1, 0.15) is 21.5 Å². The number of nitrogens with zero attached hydrogens (tertiary/aromatic N) is 2. The molecule has 4 heteroatoms. The van der Waals surface area contributed by atoms with Crippen molar-refractivity contribution in [3.05, 3.63) is 76.9 Å². The van der Waals surface area contributed by atoms with Gasteiger partial charge in [-0.1, -0.05) is 54.6 Å². The Morgan fingerprint density at radius 1 is 1.00 bits per heavy atom. The van der Waals surface area contributed by atoms with Crippen LogP contribution in [0.2, 0.25) is 0 Å². The second kappa shape index (κ2) is 5.06. The maximum Gasteiger partial charge on any atom is 0.205 e. The van der Waals surface area contributed by atoms with Crippen molar-refractivity contribution in [1.82, 2.24) is 0 Å². The molecule has 2 aromatic carbocycles. The number of amidine groups is 1. The Balaban J connectivity index is 2.18. The third-order valence-electron chi connectivity index (χ3n) is 3.30. The summed E-state index contributed by atoms with van der Waals surface area (Å²) in [7, 11) is 0. The van der Waals surface area contributed by atoms with E-state index in [1.54, 1.807) is 24.3 Å². The quantitative estimate of drug-likeness (QED) is 0.518. The van der Waals surface area contributed by atoms with E-state index in [-0.39, 0.29) is 11.4 Å². The first-order valence-corrected chi connectivity index (χ1v) is 6.40. The van der Waals surface area contributed by atoms with Gasteiger partial charge in [-0.05, 0) is 0 Å². The van der Waals surface area contributed by atoms with Gasteiger partial charge in [0, 0.05) is 16.7 Å². The van der Waals surface area contributed by atoms with Crippen molar-refractivity contribution in [2.75, 3.05) is 0 Å². The summed E-state index contributed by atoms with van der Waals surface area (Å²) < 4.78 is 0. The Morgan fingerprint density at radius 3 is 2.29 bits per heavy atom. The maximum atomic E-state index is 12.5. The van der Waals surface area contributed by atoms with Crippen molar-refractivity contribution < 1.29 is 4.79 Å². The van der Waals surface area contributed by atoms with Crippen molar-refractivity contribution in [2.24, 2.45) is 10.7 Å². The van der Waals surface area contributed by atoms with E-state index in [2.05, 4.69) is 4.99 Å². The molecular weight excluding hydrogens is 262 g/mol. The standard InChI is InChI=1S/C17H11N3O/c18-10-14(16(21)11-6-2-1-3-7-11)15-12-8-4-5-9-13(12)17(19)20-15/h1-9H,(H2,19,20)/b15-14+. The fraction of sp³-hybridized carbons (Fsp3) is 0. The van der Waals surface area contributed by atoms with Crippen LogP contribution in [0.25, 0.3) is 5.70 Å². The van der Waals surface area contributed by atoms with Gasteiger partial charge < -0.3 is 5.73 Å². The van der Waals surface area contributed by atoms with Crippen LogP contribution in [0.5, 0.6) is 0 Å². The molecule has 4 nitrogen and oxygen atoms in total.